The Labute approximate surface area is 139 Å². The minimum absolute atomic E-state index is 0.387. The first-order valence-corrected chi connectivity index (χ1v) is 8.08. The van der Waals surface area contributed by atoms with Gasteiger partial charge in [0.15, 0.2) is 0 Å². The van der Waals surface area contributed by atoms with Crippen LogP contribution >= 0.6 is 27.5 Å². The summed E-state index contributed by atoms with van der Waals surface area (Å²) in [5.41, 5.74) is 2.22. The van der Waals surface area contributed by atoms with Crippen molar-refractivity contribution in [3.8, 4) is 11.5 Å². The van der Waals surface area contributed by atoms with Gasteiger partial charge in [-0.15, -0.1) is 0 Å². The zero-order valence-corrected chi connectivity index (χ0v) is 14.8. The molecule has 0 atom stereocenters. The zero-order valence-electron chi connectivity index (χ0n) is 12.4. The van der Waals surface area contributed by atoms with E-state index >= 15 is 0 Å². The molecule has 2 aromatic rings. The highest BCUT2D eigenvalue weighted by Gasteiger charge is 2.12. The Morgan fingerprint density at radius 1 is 1.14 bits per heavy atom. The molecule has 0 radical (unpaired) electrons. The first-order valence-electron chi connectivity index (χ1n) is 6.91. The normalized spacial score (nSPS) is 11.0. The number of hydrogen-bond acceptors (Lipinski definition) is 2. The first kappa shape index (κ1) is 16.3. The van der Waals surface area contributed by atoms with Gasteiger partial charge in [0.25, 0.3) is 0 Å². The lowest BCUT2D eigenvalue weighted by molar-refractivity contribution is 0.465. The quantitative estimate of drug-likeness (QED) is 0.727. The van der Waals surface area contributed by atoms with Gasteiger partial charge in [0.1, 0.15) is 11.5 Å². The first-order chi connectivity index (χ1) is 10.0. The molecule has 0 aromatic heterocycles. The molecule has 0 aliphatic heterocycles. The summed E-state index contributed by atoms with van der Waals surface area (Å²) in [7, 11) is 1.91. The van der Waals surface area contributed by atoms with E-state index < -0.39 is 0 Å². The van der Waals surface area contributed by atoms with Crippen molar-refractivity contribution in [2.24, 2.45) is 0 Å². The molecule has 112 valence electrons. The van der Waals surface area contributed by atoms with Crippen molar-refractivity contribution in [2.75, 3.05) is 7.05 Å². The molecule has 2 rings (SSSR count). The van der Waals surface area contributed by atoms with Gasteiger partial charge in [-0.25, -0.2) is 0 Å². The smallest absolute Gasteiger partial charge is 0.132 e. The lowest BCUT2D eigenvalue weighted by Crippen LogP contribution is -2.06. The maximum Gasteiger partial charge on any atom is 0.132 e. The van der Waals surface area contributed by atoms with Crippen molar-refractivity contribution in [1.82, 2.24) is 5.32 Å². The fraction of sp³-hybridized carbons (Fsp3) is 0.294. The highest BCUT2D eigenvalue weighted by molar-refractivity contribution is 9.10. The van der Waals surface area contributed by atoms with E-state index in [9.17, 15) is 0 Å². The van der Waals surface area contributed by atoms with Crippen LogP contribution in [-0.2, 0) is 6.54 Å². The minimum Gasteiger partial charge on any atom is -0.457 e. The lowest BCUT2D eigenvalue weighted by Gasteiger charge is -2.16. The summed E-state index contributed by atoms with van der Waals surface area (Å²) in [5, 5.41) is 3.85. The molecule has 0 heterocycles. The second-order valence-electron chi connectivity index (χ2n) is 5.22. The maximum atomic E-state index is 6.15. The Hall–Kier alpha value is -1.03. The molecule has 0 aliphatic rings. The van der Waals surface area contributed by atoms with E-state index in [0.29, 0.717) is 17.5 Å². The Balaban J connectivity index is 2.38. The number of hydrogen-bond donors (Lipinski definition) is 1. The van der Waals surface area contributed by atoms with Crippen molar-refractivity contribution < 1.29 is 4.74 Å². The van der Waals surface area contributed by atoms with E-state index in [2.05, 4.69) is 41.2 Å². The summed E-state index contributed by atoms with van der Waals surface area (Å²) in [4.78, 5) is 0. The van der Waals surface area contributed by atoms with Crippen LogP contribution in [0, 0.1) is 0 Å². The molecule has 0 amide bonds. The molecule has 0 fully saturated rings. The molecule has 2 aromatic carbocycles. The summed E-state index contributed by atoms with van der Waals surface area (Å²) in [6, 6.07) is 11.8. The third kappa shape index (κ3) is 4.22. The van der Waals surface area contributed by atoms with Crippen LogP contribution in [0.5, 0.6) is 11.5 Å². The third-order valence-electron chi connectivity index (χ3n) is 3.20. The fourth-order valence-corrected chi connectivity index (χ4v) is 2.73. The van der Waals surface area contributed by atoms with E-state index in [1.807, 2.05) is 37.4 Å². The van der Waals surface area contributed by atoms with Gasteiger partial charge >= 0.3 is 0 Å². The fourth-order valence-electron chi connectivity index (χ4n) is 2.16. The van der Waals surface area contributed by atoms with E-state index in [4.69, 9.17) is 16.3 Å². The molecular formula is C17H19BrClNO. The standard InChI is InChI=1S/C17H19BrClNO/c1-11(2)15-9-13(18)4-6-17(15)21-16-7-5-14(19)8-12(16)10-20-3/h4-9,11,20H,10H2,1-3H3. The van der Waals surface area contributed by atoms with Gasteiger partial charge in [-0.3, -0.25) is 0 Å². The van der Waals surface area contributed by atoms with Crippen LogP contribution in [0.3, 0.4) is 0 Å². The summed E-state index contributed by atoms with van der Waals surface area (Å²) >= 11 is 9.58. The zero-order chi connectivity index (χ0) is 15.4. The van der Waals surface area contributed by atoms with Gasteiger partial charge in [-0.05, 0) is 54.9 Å². The number of benzene rings is 2. The summed E-state index contributed by atoms with van der Waals surface area (Å²) < 4.78 is 7.21. The van der Waals surface area contributed by atoms with Gasteiger partial charge in [0.05, 0.1) is 0 Å². The van der Waals surface area contributed by atoms with Crippen LogP contribution in [0.15, 0.2) is 40.9 Å². The van der Waals surface area contributed by atoms with Gasteiger partial charge < -0.3 is 10.1 Å². The summed E-state index contributed by atoms with van der Waals surface area (Å²) in [6.45, 7) is 5.03. The Bertz CT molecular complexity index is 628. The second-order valence-corrected chi connectivity index (χ2v) is 6.57. The van der Waals surface area contributed by atoms with Crippen LogP contribution in [0.25, 0.3) is 0 Å². The van der Waals surface area contributed by atoms with Gasteiger partial charge in [-0.1, -0.05) is 41.4 Å². The minimum atomic E-state index is 0.387. The van der Waals surface area contributed by atoms with Gasteiger partial charge in [0, 0.05) is 21.6 Å². The molecule has 2 nitrogen and oxygen atoms in total. The van der Waals surface area contributed by atoms with Crippen LogP contribution in [0.2, 0.25) is 5.02 Å². The molecule has 0 saturated carbocycles. The molecule has 0 spiro atoms. The second kappa shape index (κ2) is 7.30. The summed E-state index contributed by atoms with van der Waals surface area (Å²) in [5.74, 6) is 2.10. The molecule has 1 N–H and O–H groups in total. The SMILES string of the molecule is CNCc1cc(Cl)ccc1Oc1ccc(Br)cc1C(C)C. The highest BCUT2D eigenvalue weighted by atomic mass is 79.9. The van der Waals surface area contributed by atoms with Gasteiger partial charge in [0.2, 0.25) is 0 Å². The predicted octanol–water partition coefficient (Wildman–Crippen LogP) is 5.74. The van der Waals surface area contributed by atoms with Gasteiger partial charge in [-0.2, -0.15) is 0 Å². The topological polar surface area (TPSA) is 21.3 Å². The number of halogens is 2. The van der Waals surface area contributed by atoms with Crippen molar-refractivity contribution in [3.63, 3.8) is 0 Å². The number of ether oxygens (including phenoxy) is 1. The molecule has 21 heavy (non-hydrogen) atoms. The average Bonchev–Trinajstić information content (AvgIpc) is 2.43. The molecule has 4 heteroatoms. The van der Waals surface area contributed by atoms with Crippen molar-refractivity contribution in [2.45, 2.75) is 26.3 Å². The van der Waals surface area contributed by atoms with E-state index in [1.165, 1.54) is 5.56 Å². The van der Waals surface area contributed by atoms with Crippen molar-refractivity contribution >= 4 is 27.5 Å². The Morgan fingerprint density at radius 2 is 1.86 bits per heavy atom. The summed E-state index contributed by atoms with van der Waals surface area (Å²) in [6.07, 6.45) is 0. The predicted molar refractivity (Wildman–Crippen MR) is 92.5 cm³/mol. The Morgan fingerprint density at radius 3 is 2.52 bits per heavy atom. The molecule has 0 unspecified atom stereocenters. The molecule has 0 aliphatic carbocycles. The highest BCUT2D eigenvalue weighted by Crippen LogP contribution is 2.34. The van der Waals surface area contributed by atoms with E-state index in [1.54, 1.807) is 0 Å². The average molecular weight is 369 g/mol. The van der Waals surface area contributed by atoms with Crippen LogP contribution in [0.4, 0.5) is 0 Å². The van der Waals surface area contributed by atoms with E-state index in [-0.39, 0.29) is 0 Å². The van der Waals surface area contributed by atoms with Crippen molar-refractivity contribution in [3.05, 3.63) is 57.0 Å². The monoisotopic (exact) mass is 367 g/mol. The molecule has 0 saturated heterocycles. The lowest BCUT2D eigenvalue weighted by atomic mass is 10.0. The number of rotatable bonds is 5. The third-order valence-corrected chi connectivity index (χ3v) is 3.93. The Kier molecular flexibility index (Phi) is 5.68. The van der Waals surface area contributed by atoms with Crippen LogP contribution in [-0.4, -0.2) is 7.05 Å². The maximum absolute atomic E-state index is 6.15. The number of nitrogens with one attached hydrogen (secondary N) is 1. The molecular weight excluding hydrogens is 350 g/mol. The largest absolute Gasteiger partial charge is 0.457 e. The van der Waals surface area contributed by atoms with Crippen molar-refractivity contribution in [1.29, 1.82) is 0 Å². The van der Waals surface area contributed by atoms with Crippen LogP contribution in [0.1, 0.15) is 30.9 Å². The molecule has 0 bridgehead atoms. The van der Waals surface area contributed by atoms with E-state index in [0.717, 1.165) is 21.5 Å². The van der Waals surface area contributed by atoms with Crippen LogP contribution < -0.4 is 10.1 Å².